The smallest absolute Gasteiger partial charge is 0.0621 e. The second-order valence-corrected chi connectivity index (χ2v) is 6.16. The lowest BCUT2D eigenvalue weighted by Crippen LogP contribution is -2.43. The van der Waals surface area contributed by atoms with Crippen molar-refractivity contribution in [3.63, 3.8) is 0 Å². The molecule has 0 bridgehead atoms. The van der Waals surface area contributed by atoms with E-state index in [2.05, 4.69) is 48.4 Å². The van der Waals surface area contributed by atoms with Crippen molar-refractivity contribution in [2.24, 2.45) is 0 Å². The average molecular weight is 292 g/mol. The number of hydrogen-bond donors (Lipinski definition) is 2. The molecule has 0 spiro atoms. The van der Waals surface area contributed by atoms with Crippen LogP contribution >= 0.6 is 11.8 Å². The molecule has 1 saturated heterocycles. The van der Waals surface area contributed by atoms with Gasteiger partial charge in [0.25, 0.3) is 0 Å². The maximum Gasteiger partial charge on any atom is 0.0621 e. The second kappa shape index (κ2) is 8.35. The topological polar surface area (TPSA) is 33.3 Å². The van der Waals surface area contributed by atoms with Crippen LogP contribution in [0, 0.1) is 0 Å². The highest BCUT2D eigenvalue weighted by Gasteiger charge is 2.16. The number of anilines is 1. The molecule has 3 nitrogen and oxygen atoms in total. The van der Waals surface area contributed by atoms with Crippen LogP contribution in [-0.4, -0.2) is 37.6 Å². The number of nitrogens with one attached hydrogen (secondary N) is 2. The van der Waals surface area contributed by atoms with Gasteiger partial charge in [-0.3, -0.25) is 0 Å². The molecule has 0 aliphatic carbocycles. The van der Waals surface area contributed by atoms with E-state index in [4.69, 9.17) is 4.74 Å². The molecule has 2 unspecified atom stereocenters. The van der Waals surface area contributed by atoms with Gasteiger partial charge in [0.1, 0.15) is 0 Å². The summed E-state index contributed by atoms with van der Waals surface area (Å²) in [6.07, 6.45) is 3.01. The van der Waals surface area contributed by atoms with Crippen LogP contribution in [0.1, 0.15) is 13.3 Å². The summed E-state index contributed by atoms with van der Waals surface area (Å²) < 4.78 is 5.50. The van der Waals surface area contributed by atoms with Crippen molar-refractivity contribution in [3.8, 4) is 0 Å². The highest BCUT2D eigenvalue weighted by Crippen LogP contribution is 2.27. The first kappa shape index (κ1) is 15.4. The van der Waals surface area contributed by atoms with Crippen LogP contribution in [-0.2, 0) is 4.74 Å². The molecule has 1 aliphatic rings. The zero-order valence-electron chi connectivity index (χ0n) is 12.1. The quantitative estimate of drug-likeness (QED) is 0.597. The van der Waals surface area contributed by atoms with Gasteiger partial charge in [-0.2, -0.15) is 0 Å². The Bertz CT molecular complexity index is 419. The Balaban J connectivity index is 1.89. The third-order valence-corrected chi connectivity index (χ3v) is 4.35. The Labute approximate surface area is 126 Å². The van der Waals surface area contributed by atoms with Gasteiger partial charge in [0.15, 0.2) is 0 Å². The van der Waals surface area contributed by atoms with Gasteiger partial charge < -0.3 is 15.4 Å². The Morgan fingerprint density at radius 1 is 1.55 bits per heavy atom. The highest BCUT2D eigenvalue weighted by molar-refractivity contribution is 7.99. The molecular formula is C16H24N2OS. The summed E-state index contributed by atoms with van der Waals surface area (Å²) in [7, 11) is 0. The molecule has 1 aromatic carbocycles. The number of benzene rings is 1. The monoisotopic (exact) mass is 292 g/mol. The van der Waals surface area contributed by atoms with Gasteiger partial charge in [-0.25, -0.2) is 0 Å². The fraction of sp³-hybridized carbons (Fsp3) is 0.500. The Kier molecular flexibility index (Phi) is 6.43. The van der Waals surface area contributed by atoms with Crippen LogP contribution in [0.25, 0.3) is 0 Å². The zero-order valence-corrected chi connectivity index (χ0v) is 12.9. The van der Waals surface area contributed by atoms with Crippen molar-refractivity contribution in [1.82, 2.24) is 5.32 Å². The summed E-state index contributed by atoms with van der Waals surface area (Å²) in [5.41, 5.74) is 1.21. The number of ether oxygens (including phenoxy) is 1. The van der Waals surface area contributed by atoms with E-state index in [1.165, 1.54) is 10.6 Å². The van der Waals surface area contributed by atoms with Gasteiger partial charge in [0.2, 0.25) is 0 Å². The summed E-state index contributed by atoms with van der Waals surface area (Å²) in [5.74, 6) is 0.936. The van der Waals surface area contributed by atoms with Crippen molar-refractivity contribution in [2.75, 3.05) is 30.8 Å². The first-order valence-electron chi connectivity index (χ1n) is 7.20. The fourth-order valence-corrected chi connectivity index (χ4v) is 3.14. The maximum absolute atomic E-state index is 5.50. The van der Waals surface area contributed by atoms with Crippen LogP contribution in [0.2, 0.25) is 0 Å². The number of morpholine rings is 1. The van der Waals surface area contributed by atoms with Crippen LogP contribution in [0.15, 0.2) is 41.8 Å². The molecule has 2 atom stereocenters. The minimum atomic E-state index is 0.416. The van der Waals surface area contributed by atoms with E-state index >= 15 is 0 Å². The van der Waals surface area contributed by atoms with E-state index in [-0.39, 0.29) is 0 Å². The van der Waals surface area contributed by atoms with Crippen molar-refractivity contribution < 1.29 is 4.74 Å². The third-order valence-electron chi connectivity index (χ3n) is 3.28. The largest absolute Gasteiger partial charge is 0.382 e. The van der Waals surface area contributed by atoms with Crippen LogP contribution in [0.3, 0.4) is 0 Å². The lowest BCUT2D eigenvalue weighted by Gasteiger charge is -2.27. The molecule has 1 heterocycles. The maximum atomic E-state index is 5.50. The summed E-state index contributed by atoms with van der Waals surface area (Å²) in [4.78, 5) is 1.28. The van der Waals surface area contributed by atoms with Crippen LogP contribution in [0.4, 0.5) is 5.69 Å². The van der Waals surface area contributed by atoms with Crippen LogP contribution in [0.5, 0.6) is 0 Å². The first-order chi connectivity index (χ1) is 9.79. The Hall–Kier alpha value is -0.970. The molecular weight excluding hydrogens is 268 g/mol. The van der Waals surface area contributed by atoms with Crippen molar-refractivity contribution in [3.05, 3.63) is 36.9 Å². The minimum absolute atomic E-state index is 0.416. The predicted octanol–water partition coefficient (Wildman–Crippen LogP) is 3.14. The van der Waals surface area contributed by atoms with E-state index in [0.29, 0.717) is 12.1 Å². The van der Waals surface area contributed by atoms with E-state index in [1.54, 1.807) is 0 Å². The molecule has 0 amide bonds. The first-order valence-corrected chi connectivity index (χ1v) is 8.18. The Morgan fingerprint density at radius 2 is 2.40 bits per heavy atom. The van der Waals surface area contributed by atoms with Crippen LogP contribution < -0.4 is 10.6 Å². The predicted molar refractivity (Wildman–Crippen MR) is 87.7 cm³/mol. The van der Waals surface area contributed by atoms with Crippen molar-refractivity contribution in [2.45, 2.75) is 30.3 Å². The average Bonchev–Trinajstić information content (AvgIpc) is 2.47. The fourth-order valence-electron chi connectivity index (χ4n) is 2.38. The van der Waals surface area contributed by atoms with Gasteiger partial charge in [0.05, 0.1) is 13.2 Å². The molecule has 1 fully saturated rings. The molecule has 2 rings (SSSR count). The number of thioether (sulfide) groups is 1. The van der Waals surface area contributed by atoms with Crippen molar-refractivity contribution >= 4 is 17.4 Å². The molecule has 0 aromatic heterocycles. The lowest BCUT2D eigenvalue weighted by molar-refractivity contribution is 0.0731. The molecule has 0 saturated carbocycles. The molecule has 4 heteroatoms. The number of hydrogen-bond acceptors (Lipinski definition) is 4. The molecule has 1 aliphatic heterocycles. The molecule has 0 radical (unpaired) electrons. The van der Waals surface area contributed by atoms with Crippen molar-refractivity contribution in [1.29, 1.82) is 0 Å². The van der Waals surface area contributed by atoms with Gasteiger partial charge in [-0.15, -0.1) is 18.3 Å². The SMILES string of the molecule is C=CCSc1ccccc1NC(C)CC1COCCN1. The third kappa shape index (κ3) is 4.85. The summed E-state index contributed by atoms with van der Waals surface area (Å²) in [5, 5.41) is 7.12. The van der Waals surface area contributed by atoms with Gasteiger partial charge in [-0.05, 0) is 25.5 Å². The van der Waals surface area contributed by atoms with E-state index < -0.39 is 0 Å². The lowest BCUT2D eigenvalue weighted by atomic mass is 10.1. The summed E-state index contributed by atoms with van der Waals surface area (Å²) >= 11 is 1.81. The van der Waals surface area contributed by atoms with E-state index in [0.717, 1.165) is 31.9 Å². The number of para-hydroxylation sites is 1. The summed E-state index contributed by atoms with van der Waals surface area (Å²) in [6, 6.07) is 9.34. The standard InChI is InChI=1S/C16H24N2OS/c1-3-10-20-16-7-5-4-6-15(16)18-13(2)11-14-12-19-9-8-17-14/h3-7,13-14,17-18H,1,8-12H2,2H3. The van der Waals surface area contributed by atoms with Gasteiger partial charge >= 0.3 is 0 Å². The number of rotatable bonds is 7. The zero-order chi connectivity index (χ0) is 14.2. The molecule has 2 N–H and O–H groups in total. The summed E-state index contributed by atoms with van der Waals surface area (Å²) in [6.45, 7) is 8.62. The normalized spacial score (nSPS) is 20.4. The molecule has 1 aromatic rings. The van der Waals surface area contributed by atoms with Gasteiger partial charge in [-0.1, -0.05) is 18.2 Å². The molecule has 110 valence electrons. The second-order valence-electron chi connectivity index (χ2n) is 5.10. The Morgan fingerprint density at radius 3 is 3.15 bits per heavy atom. The molecule has 20 heavy (non-hydrogen) atoms. The minimum Gasteiger partial charge on any atom is -0.382 e. The van der Waals surface area contributed by atoms with Gasteiger partial charge in [0, 0.05) is 35.0 Å². The van der Waals surface area contributed by atoms with E-state index in [1.807, 2.05) is 17.8 Å². The highest BCUT2D eigenvalue weighted by atomic mass is 32.2. The van der Waals surface area contributed by atoms with E-state index in [9.17, 15) is 0 Å².